The largest absolute Gasteiger partial charge is 0.325 e. The lowest BCUT2D eigenvalue weighted by molar-refractivity contribution is -0.135. The summed E-state index contributed by atoms with van der Waals surface area (Å²) in [6.45, 7) is 4.89. The lowest BCUT2D eigenvalue weighted by atomic mass is 9.90. The first-order valence-corrected chi connectivity index (χ1v) is 8.01. The van der Waals surface area contributed by atoms with Crippen LogP contribution < -0.4 is 10.6 Å². The van der Waals surface area contributed by atoms with Gasteiger partial charge in [-0.1, -0.05) is 29.8 Å². The van der Waals surface area contributed by atoms with Crippen LogP contribution in [0.25, 0.3) is 0 Å². The van der Waals surface area contributed by atoms with Gasteiger partial charge >= 0.3 is 0 Å². The van der Waals surface area contributed by atoms with Crippen molar-refractivity contribution in [3.05, 3.63) is 58.6 Å². The molecule has 0 aliphatic heterocycles. The van der Waals surface area contributed by atoms with Crippen molar-refractivity contribution in [2.45, 2.75) is 20.8 Å². The summed E-state index contributed by atoms with van der Waals surface area (Å²) in [4.78, 5) is 25.1. The molecule has 2 N–H and O–H groups in total. The Hall–Kier alpha value is -2.84. The van der Waals surface area contributed by atoms with E-state index in [0.717, 1.165) is 5.56 Å². The van der Waals surface area contributed by atoms with Gasteiger partial charge in [0.2, 0.25) is 11.8 Å². The van der Waals surface area contributed by atoms with Crippen molar-refractivity contribution < 1.29 is 9.59 Å². The molecule has 0 saturated heterocycles. The van der Waals surface area contributed by atoms with Gasteiger partial charge in [-0.3, -0.25) is 9.59 Å². The van der Waals surface area contributed by atoms with Gasteiger partial charge in [-0.05, 0) is 50.6 Å². The number of benzene rings is 2. The van der Waals surface area contributed by atoms with Crippen molar-refractivity contribution in [1.29, 1.82) is 5.26 Å². The van der Waals surface area contributed by atoms with E-state index in [9.17, 15) is 9.59 Å². The van der Waals surface area contributed by atoms with E-state index >= 15 is 0 Å². The first-order valence-electron chi connectivity index (χ1n) is 7.64. The average Bonchev–Trinajstić information content (AvgIpc) is 2.58. The van der Waals surface area contributed by atoms with Crippen LogP contribution in [0.4, 0.5) is 11.4 Å². The number of para-hydroxylation sites is 1. The molecule has 2 amide bonds. The first-order chi connectivity index (χ1) is 11.8. The van der Waals surface area contributed by atoms with Crippen LogP contribution in [0, 0.1) is 23.7 Å². The van der Waals surface area contributed by atoms with E-state index in [4.69, 9.17) is 16.9 Å². The summed E-state index contributed by atoms with van der Waals surface area (Å²) in [6, 6.07) is 13.8. The summed E-state index contributed by atoms with van der Waals surface area (Å²) in [5.41, 5.74) is 0.759. The highest BCUT2D eigenvalue weighted by Crippen LogP contribution is 2.25. The quantitative estimate of drug-likeness (QED) is 0.809. The molecule has 0 heterocycles. The predicted octanol–water partition coefficient (Wildman–Crippen LogP) is 4.12. The fourth-order valence-corrected chi connectivity index (χ4v) is 2.21. The van der Waals surface area contributed by atoms with Crippen molar-refractivity contribution in [2.24, 2.45) is 5.41 Å². The van der Waals surface area contributed by atoms with Crippen LogP contribution >= 0.6 is 11.6 Å². The molecule has 6 heteroatoms. The molecule has 0 aromatic heterocycles. The second kappa shape index (κ2) is 7.37. The zero-order chi connectivity index (χ0) is 18.6. The minimum absolute atomic E-state index is 0.331. The van der Waals surface area contributed by atoms with Crippen molar-refractivity contribution in [3.8, 4) is 6.07 Å². The number of rotatable bonds is 4. The zero-order valence-corrected chi connectivity index (χ0v) is 14.9. The van der Waals surface area contributed by atoms with Crippen molar-refractivity contribution in [3.63, 3.8) is 0 Å². The Morgan fingerprint density at radius 2 is 1.72 bits per heavy atom. The van der Waals surface area contributed by atoms with E-state index in [1.54, 1.807) is 42.5 Å². The van der Waals surface area contributed by atoms with Crippen LogP contribution in [-0.2, 0) is 9.59 Å². The Bertz CT molecular complexity index is 869. The minimum atomic E-state index is -1.35. The zero-order valence-electron chi connectivity index (χ0n) is 14.2. The van der Waals surface area contributed by atoms with Gasteiger partial charge in [0.15, 0.2) is 0 Å². The van der Waals surface area contributed by atoms with Crippen LogP contribution in [-0.4, -0.2) is 11.8 Å². The summed E-state index contributed by atoms with van der Waals surface area (Å²) in [5.74, 6) is -0.981. The average molecular weight is 356 g/mol. The van der Waals surface area contributed by atoms with Crippen molar-refractivity contribution >= 4 is 34.8 Å². The van der Waals surface area contributed by atoms with E-state index in [1.165, 1.54) is 13.8 Å². The number of carbonyl (C=O) groups excluding carboxylic acids is 2. The van der Waals surface area contributed by atoms with Crippen LogP contribution in [0.2, 0.25) is 5.02 Å². The topological polar surface area (TPSA) is 82.0 Å². The molecule has 0 aliphatic carbocycles. The fraction of sp³-hybridized carbons (Fsp3) is 0.211. The number of hydrogen-bond donors (Lipinski definition) is 2. The Kier molecular flexibility index (Phi) is 5.45. The number of hydrogen-bond acceptors (Lipinski definition) is 3. The monoisotopic (exact) mass is 355 g/mol. The maximum Gasteiger partial charge on any atom is 0.239 e. The van der Waals surface area contributed by atoms with Crippen LogP contribution in [0.1, 0.15) is 25.0 Å². The van der Waals surface area contributed by atoms with Gasteiger partial charge in [-0.25, -0.2) is 0 Å². The number of aryl methyl sites for hydroxylation is 1. The molecule has 0 bridgehead atoms. The third kappa shape index (κ3) is 4.17. The molecular formula is C19H18ClN3O2. The molecular weight excluding hydrogens is 338 g/mol. The highest BCUT2D eigenvalue weighted by Gasteiger charge is 2.36. The highest BCUT2D eigenvalue weighted by atomic mass is 35.5. The Labute approximate surface area is 151 Å². The number of nitrogens with zero attached hydrogens (tertiary/aromatic N) is 1. The van der Waals surface area contributed by atoms with Gasteiger partial charge in [0.25, 0.3) is 0 Å². The maximum absolute atomic E-state index is 12.5. The summed E-state index contributed by atoms with van der Waals surface area (Å²) in [6.07, 6.45) is 0. The molecule has 0 spiro atoms. The number of anilines is 2. The van der Waals surface area contributed by atoms with Gasteiger partial charge < -0.3 is 10.6 Å². The number of nitriles is 1. The van der Waals surface area contributed by atoms with E-state index in [0.29, 0.717) is 22.0 Å². The first kappa shape index (κ1) is 18.5. The molecule has 2 aromatic carbocycles. The SMILES string of the molecule is Cc1ccc(NC(=O)C(C)(C)C(=O)Nc2ccccc2C#N)cc1Cl. The number of amides is 2. The van der Waals surface area contributed by atoms with E-state index in [2.05, 4.69) is 10.6 Å². The highest BCUT2D eigenvalue weighted by molar-refractivity contribution is 6.31. The molecule has 0 saturated carbocycles. The number of carbonyl (C=O) groups is 2. The summed E-state index contributed by atoms with van der Waals surface area (Å²) < 4.78 is 0. The number of nitrogens with one attached hydrogen (secondary N) is 2. The van der Waals surface area contributed by atoms with Crippen LogP contribution in [0.15, 0.2) is 42.5 Å². The lowest BCUT2D eigenvalue weighted by Crippen LogP contribution is -2.41. The molecule has 0 atom stereocenters. The summed E-state index contributed by atoms with van der Waals surface area (Å²) in [7, 11) is 0. The second-order valence-electron chi connectivity index (χ2n) is 6.15. The van der Waals surface area contributed by atoms with Crippen LogP contribution in [0.3, 0.4) is 0 Å². The molecule has 0 aliphatic rings. The predicted molar refractivity (Wildman–Crippen MR) is 98.4 cm³/mol. The molecule has 2 rings (SSSR count). The van der Waals surface area contributed by atoms with Gasteiger partial charge in [0.05, 0.1) is 11.3 Å². The standard InChI is InChI=1S/C19H18ClN3O2/c1-12-8-9-14(10-15(12)20)22-17(24)19(2,3)18(25)23-16-7-5-4-6-13(16)11-21/h4-10H,1-3H3,(H,22,24)(H,23,25). The third-order valence-corrected chi connectivity index (χ3v) is 4.27. The Morgan fingerprint density at radius 1 is 1.08 bits per heavy atom. The Morgan fingerprint density at radius 3 is 2.36 bits per heavy atom. The van der Waals surface area contributed by atoms with Crippen LogP contribution in [0.5, 0.6) is 0 Å². The fourth-order valence-electron chi connectivity index (χ4n) is 2.03. The maximum atomic E-state index is 12.5. The molecule has 0 unspecified atom stereocenters. The molecule has 128 valence electrons. The molecule has 2 aromatic rings. The molecule has 5 nitrogen and oxygen atoms in total. The number of halogens is 1. The smallest absolute Gasteiger partial charge is 0.239 e. The Balaban J connectivity index is 2.16. The van der Waals surface area contributed by atoms with Gasteiger partial charge in [0.1, 0.15) is 11.5 Å². The normalized spacial score (nSPS) is 10.7. The van der Waals surface area contributed by atoms with E-state index in [1.807, 2.05) is 13.0 Å². The third-order valence-electron chi connectivity index (χ3n) is 3.86. The van der Waals surface area contributed by atoms with Gasteiger partial charge in [-0.2, -0.15) is 5.26 Å². The molecule has 25 heavy (non-hydrogen) atoms. The van der Waals surface area contributed by atoms with Gasteiger partial charge in [-0.15, -0.1) is 0 Å². The summed E-state index contributed by atoms with van der Waals surface area (Å²) >= 11 is 6.05. The van der Waals surface area contributed by atoms with Crippen molar-refractivity contribution in [1.82, 2.24) is 0 Å². The molecule has 0 fully saturated rings. The molecule has 0 radical (unpaired) electrons. The van der Waals surface area contributed by atoms with Gasteiger partial charge in [0, 0.05) is 10.7 Å². The van der Waals surface area contributed by atoms with Crippen molar-refractivity contribution in [2.75, 3.05) is 10.6 Å². The van der Waals surface area contributed by atoms with E-state index in [-0.39, 0.29) is 0 Å². The lowest BCUT2D eigenvalue weighted by Gasteiger charge is -2.23. The summed E-state index contributed by atoms with van der Waals surface area (Å²) in [5, 5.41) is 15.0. The van der Waals surface area contributed by atoms with E-state index < -0.39 is 17.2 Å². The minimum Gasteiger partial charge on any atom is -0.325 e. The second-order valence-corrected chi connectivity index (χ2v) is 6.56.